The highest BCUT2D eigenvalue weighted by atomic mass is 16.5. The van der Waals surface area contributed by atoms with Crippen molar-refractivity contribution in [2.24, 2.45) is 5.92 Å². The van der Waals surface area contributed by atoms with Gasteiger partial charge in [0.2, 0.25) is 0 Å². The molecule has 1 rings (SSSR count). The van der Waals surface area contributed by atoms with Crippen molar-refractivity contribution in [3.05, 3.63) is 35.4 Å². The van der Waals surface area contributed by atoms with Gasteiger partial charge < -0.3 is 10.1 Å². The molecule has 2 heteroatoms. The zero-order valence-corrected chi connectivity index (χ0v) is 11.5. The number of hydrogen-bond donors (Lipinski definition) is 1. The summed E-state index contributed by atoms with van der Waals surface area (Å²) in [5.41, 5.74) is 2.57. The lowest BCUT2D eigenvalue weighted by Gasteiger charge is -2.20. The first-order valence-corrected chi connectivity index (χ1v) is 6.47. The van der Waals surface area contributed by atoms with E-state index >= 15 is 0 Å². The van der Waals surface area contributed by atoms with Crippen LogP contribution in [0.3, 0.4) is 0 Å². The van der Waals surface area contributed by atoms with Crippen LogP contribution in [0.1, 0.15) is 38.3 Å². The first-order chi connectivity index (χ1) is 8.17. The van der Waals surface area contributed by atoms with Crippen LogP contribution in [-0.2, 0) is 17.9 Å². The zero-order chi connectivity index (χ0) is 12.7. The minimum absolute atomic E-state index is 0.561. The lowest BCUT2D eigenvalue weighted by Crippen LogP contribution is -2.31. The van der Waals surface area contributed by atoms with Gasteiger partial charge in [0.15, 0.2) is 0 Å². The van der Waals surface area contributed by atoms with Gasteiger partial charge in [-0.2, -0.15) is 0 Å². The quantitative estimate of drug-likeness (QED) is 0.782. The Bertz CT molecular complexity index is 324. The van der Waals surface area contributed by atoms with E-state index < -0.39 is 0 Å². The molecule has 1 aromatic rings. The van der Waals surface area contributed by atoms with Gasteiger partial charge in [-0.15, -0.1) is 0 Å². The van der Waals surface area contributed by atoms with Crippen LogP contribution in [0.25, 0.3) is 0 Å². The van der Waals surface area contributed by atoms with Crippen molar-refractivity contribution >= 4 is 0 Å². The van der Waals surface area contributed by atoms with Gasteiger partial charge in [0.05, 0.1) is 6.61 Å². The Labute approximate surface area is 105 Å². The molecule has 2 atom stereocenters. The summed E-state index contributed by atoms with van der Waals surface area (Å²) >= 11 is 0. The minimum atomic E-state index is 0.561. The van der Waals surface area contributed by atoms with Crippen LogP contribution in [0, 0.1) is 5.92 Å². The fourth-order valence-electron chi connectivity index (χ4n) is 1.83. The van der Waals surface area contributed by atoms with E-state index in [9.17, 15) is 0 Å². The molecule has 0 aliphatic heterocycles. The zero-order valence-electron chi connectivity index (χ0n) is 11.5. The van der Waals surface area contributed by atoms with E-state index in [1.165, 1.54) is 17.5 Å². The molecule has 0 fully saturated rings. The second-order valence-electron chi connectivity index (χ2n) is 4.81. The average Bonchev–Trinajstić information content (AvgIpc) is 2.36. The molecular weight excluding hydrogens is 210 g/mol. The third-order valence-corrected chi connectivity index (χ3v) is 3.43. The molecule has 1 aromatic carbocycles. The molecule has 0 spiro atoms. The summed E-state index contributed by atoms with van der Waals surface area (Å²) in [5.74, 6) is 0.720. The van der Waals surface area contributed by atoms with E-state index in [4.69, 9.17) is 4.74 Å². The van der Waals surface area contributed by atoms with Crippen LogP contribution < -0.4 is 5.32 Å². The van der Waals surface area contributed by atoms with Gasteiger partial charge >= 0.3 is 0 Å². The Morgan fingerprint density at radius 2 is 1.94 bits per heavy atom. The third kappa shape index (κ3) is 4.88. The molecule has 0 heterocycles. The number of methoxy groups -OCH3 is 1. The second kappa shape index (κ2) is 7.46. The molecule has 96 valence electrons. The Kier molecular flexibility index (Phi) is 6.23. The van der Waals surface area contributed by atoms with Crippen molar-refractivity contribution < 1.29 is 4.74 Å². The summed E-state index contributed by atoms with van der Waals surface area (Å²) in [4.78, 5) is 0. The summed E-state index contributed by atoms with van der Waals surface area (Å²) in [7, 11) is 1.73. The van der Waals surface area contributed by atoms with Gasteiger partial charge in [-0.05, 0) is 24.0 Å². The van der Waals surface area contributed by atoms with Crippen molar-refractivity contribution in [3.63, 3.8) is 0 Å². The number of hydrogen-bond acceptors (Lipinski definition) is 2. The van der Waals surface area contributed by atoms with Crippen molar-refractivity contribution in [1.82, 2.24) is 5.32 Å². The normalized spacial score (nSPS) is 14.6. The summed E-state index contributed by atoms with van der Waals surface area (Å²) in [6.07, 6.45) is 1.22. The first kappa shape index (κ1) is 14.2. The fraction of sp³-hybridized carbons (Fsp3) is 0.600. The van der Waals surface area contributed by atoms with Gasteiger partial charge in [0.1, 0.15) is 0 Å². The number of nitrogens with one attached hydrogen (secondary N) is 1. The number of benzene rings is 1. The molecule has 17 heavy (non-hydrogen) atoms. The fourth-order valence-corrected chi connectivity index (χ4v) is 1.83. The molecule has 0 amide bonds. The average molecular weight is 235 g/mol. The standard InChI is InChI=1S/C15H25NO/c1-5-12(2)13(3)16-10-14-7-6-8-15(9-14)11-17-4/h6-9,12-13,16H,5,10-11H2,1-4H3. The minimum Gasteiger partial charge on any atom is -0.380 e. The summed E-state index contributed by atoms with van der Waals surface area (Å²) in [6.45, 7) is 8.41. The highest BCUT2D eigenvalue weighted by molar-refractivity contribution is 5.22. The molecule has 0 aliphatic rings. The molecule has 2 unspecified atom stereocenters. The monoisotopic (exact) mass is 235 g/mol. The number of rotatable bonds is 7. The summed E-state index contributed by atoms with van der Waals surface area (Å²) < 4.78 is 5.14. The molecule has 0 aliphatic carbocycles. The van der Waals surface area contributed by atoms with Gasteiger partial charge in [-0.25, -0.2) is 0 Å². The Morgan fingerprint density at radius 1 is 1.24 bits per heavy atom. The maximum atomic E-state index is 5.14. The van der Waals surface area contributed by atoms with Crippen molar-refractivity contribution in [3.8, 4) is 0 Å². The van der Waals surface area contributed by atoms with Crippen LogP contribution in [0.4, 0.5) is 0 Å². The highest BCUT2D eigenvalue weighted by Crippen LogP contribution is 2.10. The van der Waals surface area contributed by atoms with E-state index in [-0.39, 0.29) is 0 Å². The van der Waals surface area contributed by atoms with Crippen LogP contribution in [0.5, 0.6) is 0 Å². The molecule has 0 saturated heterocycles. The Hall–Kier alpha value is -0.860. The smallest absolute Gasteiger partial charge is 0.0713 e. The van der Waals surface area contributed by atoms with Gasteiger partial charge in [-0.3, -0.25) is 0 Å². The van der Waals surface area contributed by atoms with E-state index in [1.807, 2.05) is 0 Å². The first-order valence-electron chi connectivity index (χ1n) is 6.47. The lowest BCUT2D eigenvalue weighted by atomic mass is 10.0. The highest BCUT2D eigenvalue weighted by Gasteiger charge is 2.08. The molecule has 0 aromatic heterocycles. The maximum absolute atomic E-state index is 5.14. The Morgan fingerprint density at radius 3 is 2.59 bits per heavy atom. The van der Waals surface area contributed by atoms with Crippen LogP contribution in [-0.4, -0.2) is 13.2 Å². The van der Waals surface area contributed by atoms with Crippen LogP contribution in [0.2, 0.25) is 0 Å². The third-order valence-electron chi connectivity index (χ3n) is 3.43. The largest absolute Gasteiger partial charge is 0.380 e. The molecular formula is C15H25NO. The second-order valence-corrected chi connectivity index (χ2v) is 4.81. The summed E-state index contributed by atoms with van der Waals surface area (Å²) in [6, 6.07) is 9.13. The molecule has 0 bridgehead atoms. The molecule has 2 nitrogen and oxygen atoms in total. The number of ether oxygens (including phenoxy) is 1. The van der Waals surface area contributed by atoms with E-state index in [0.29, 0.717) is 12.6 Å². The maximum Gasteiger partial charge on any atom is 0.0713 e. The predicted molar refractivity (Wildman–Crippen MR) is 72.9 cm³/mol. The molecule has 1 N–H and O–H groups in total. The van der Waals surface area contributed by atoms with E-state index in [2.05, 4.69) is 50.4 Å². The SMILES string of the molecule is CCC(C)C(C)NCc1cccc(COC)c1. The molecule has 0 radical (unpaired) electrons. The van der Waals surface area contributed by atoms with Crippen molar-refractivity contribution in [2.45, 2.75) is 46.4 Å². The van der Waals surface area contributed by atoms with Crippen LogP contribution in [0.15, 0.2) is 24.3 Å². The van der Waals surface area contributed by atoms with E-state index in [0.717, 1.165) is 12.5 Å². The van der Waals surface area contributed by atoms with Crippen molar-refractivity contribution in [1.29, 1.82) is 0 Å². The Balaban J connectivity index is 2.48. The van der Waals surface area contributed by atoms with Crippen molar-refractivity contribution in [2.75, 3.05) is 7.11 Å². The predicted octanol–water partition coefficient (Wildman–Crippen LogP) is 3.36. The lowest BCUT2D eigenvalue weighted by molar-refractivity contribution is 0.185. The van der Waals surface area contributed by atoms with Gasteiger partial charge in [0.25, 0.3) is 0 Å². The molecule has 0 saturated carbocycles. The topological polar surface area (TPSA) is 21.3 Å². The summed E-state index contributed by atoms with van der Waals surface area (Å²) in [5, 5.41) is 3.58. The van der Waals surface area contributed by atoms with Crippen LogP contribution >= 0.6 is 0 Å². The van der Waals surface area contributed by atoms with Gasteiger partial charge in [0, 0.05) is 19.7 Å². The van der Waals surface area contributed by atoms with Gasteiger partial charge in [-0.1, -0.05) is 44.5 Å². The van der Waals surface area contributed by atoms with E-state index in [1.54, 1.807) is 7.11 Å².